The van der Waals surface area contributed by atoms with Gasteiger partial charge in [-0.3, -0.25) is 0 Å². The van der Waals surface area contributed by atoms with E-state index in [-0.39, 0.29) is 29.7 Å². The Balaban J connectivity index is 1.81. The minimum Gasteiger partial charge on any atom is -0.349 e. The molecule has 1 radical (unpaired) electrons. The molecule has 0 saturated heterocycles. The highest BCUT2D eigenvalue weighted by Crippen LogP contribution is 2.54. The summed E-state index contributed by atoms with van der Waals surface area (Å²) in [6.07, 6.45) is -10.5. The third kappa shape index (κ3) is 4.87. The van der Waals surface area contributed by atoms with Crippen molar-refractivity contribution in [1.82, 2.24) is 0 Å². The number of benzene rings is 3. The van der Waals surface area contributed by atoms with Crippen molar-refractivity contribution in [3.63, 3.8) is 0 Å². The van der Waals surface area contributed by atoms with Crippen molar-refractivity contribution in [2.24, 2.45) is 0 Å². The van der Waals surface area contributed by atoms with Crippen LogP contribution in [-0.2, 0) is 31.5 Å². The molecule has 1 fully saturated rings. The number of alkyl halides is 6. The van der Waals surface area contributed by atoms with E-state index in [1.807, 2.05) is 0 Å². The molecule has 0 amide bonds. The van der Waals surface area contributed by atoms with Crippen LogP contribution in [0.1, 0.15) is 36.0 Å². The normalized spacial score (nSPS) is 16.3. The van der Waals surface area contributed by atoms with Gasteiger partial charge in [-0.15, -0.1) is 0 Å². The van der Waals surface area contributed by atoms with E-state index in [2.05, 4.69) is 4.74 Å². The first-order chi connectivity index (χ1) is 18.6. The molecule has 0 N–H and O–H groups in total. The van der Waals surface area contributed by atoms with Gasteiger partial charge in [0.2, 0.25) is 0 Å². The Morgan fingerprint density at radius 3 is 1.80 bits per heavy atom. The zero-order chi connectivity index (χ0) is 29.6. The summed E-state index contributed by atoms with van der Waals surface area (Å²) < 4.78 is 156. The van der Waals surface area contributed by atoms with Gasteiger partial charge in [0.15, 0.2) is 9.84 Å². The van der Waals surface area contributed by atoms with E-state index in [4.69, 9.17) is 0 Å². The lowest BCUT2D eigenvalue weighted by Crippen LogP contribution is -2.56. The molecule has 0 aromatic heterocycles. The highest BCUT2D eigenvalue weighted by molar-refractivity contribution is 7.92. The summed E-state index contributed by atoms with van der Waals surface area (Å²) in [6, 6.07) is 8.59. The predicted octanol–water partition coefficient (Wildman–Crippen LogP) is 7.70. The molecule has 0 heterocycles. The lowest BCUT2D eigenvalue weighted by Gasteiger charge is -2.38. The summed E-state index contributed by atoms with van der Waals surface area (Å²) in [4.78, 5) is -0.275. The van der Waals surface area contributed by atoms with Gasteiger partial charge < -0.3 is 4.74 Å². The monoisotopic (exact) mass is 595 g/mol. The Bertz CT molecular complexity index is 1420. The van der Waals surface area contributed by atoms with Crippen LogP contribution < -0.4 is 0 Å². The van der Waals surface area contributed by atoms with Crippen LogP contribution in [0, 0.1) is 23.9 Å². The second-order valence-electron chi connectivity index (χ2n) is 9.23. The fourth-order valence-electron chi connectivity index (χ4n) is 4.87. The van der Waals surface area contributed by atoms with Crippen LogP contribution in [0.3, 0.4) is 0 Å². The van der Waals surface area contributed by atoms with Crippen molar-refractivity contribution in [2.75, 3.05) is 0 Å². The highest BCUT2D eigenvalue weighted by Gasteiger charge is 2.73. The number of rotatable bonds is 7. The number of halogens is 9. The maximum absolute atomic E-state index is 14.2. The van der Waals surface area contributed by atoms with Gasteiger partial charge in [-0.05, 0) is 67.6 Å². The molecule has 1 aliphatic rings. The molecule has 0 aliphatic heterocycles. The van der Waals surface area contributed by atoms with Crippen LogP contribution in [0.25, 0.3) is 0 Å². The highest BCUT2D eigenvalue weighted by atomic mass is 32.2. The third-order valence-electron chi connectivity index (χ3n) is 6.98. The molecule has 0 bridgehead atoms. The van der Waals surface area contributed by atoms with Crippen LogP contribution in [0.5, 0.6) is 0 Å². The van der Waals surface area contributed by atoms with Crippen LogP contribution >= 0.6 is 0 Å². The van der Waals surface area contributed by atoms with Crippen molar-refractivity contribution in [1.29, 1.82) is 0 Å². The molecular weight excluding hydrogens is 575 g/mol. The predicted molar refractivity (Wildman–Crippen MR) is 125 cm³/mol. The molecule has 1 saturated carbocycles. The molecule has 0 spiro atoms. The lowest BCUT2D eigenvalue weighted by atomic mass is 9.88. The van der Waals surface area contributed by atoms with Gasteiger partial charge in [-0.1, -0.05) is 30.3 Å². The van der Waals surface area contributed by atoms with Gasteiger partial charge in [-0.2, -0.15) is 26.3 Å². The lowest BCUT2D eigenvalue weighted by molar-refractivity contribution is -0.392. The van der Waals surface area contributed by atoms with Crippen LogP contribution in [0.4, 0.5) is 39.5 Å². The second-order valence-corrected chi connectivity index (χ2v) is 11.5. The Morgan fingerprint density at radius 2 is 1.32 bits per heavy atom. The van der Waals surface area contributed by atoms with E-state index in [1.165, 1.54) is 0 Å². The Morgan fingerprint density at radius 1 is 0.775 bits per heavy atom. The first kappa shape index (κ1) is 29.9. The fourth-order valence-corrected chi connectivity index (χ4v) is 6.98. The van der Waals surface area contributed by atoms with Gasteiger partial charge in [0.05, 0.1) is 11.5 Å². The van der Waals surface area contributed by atoms with Crippen molar-refractivity contribution < 1.29 is 52.7 Å². The van der Waals surface area contributed by atoms with Crippen molar-refractivity contribution in [2.45, 2.75) is 53.5 Å². The quantitative estimate of drug-likeness (QED) is 0.208. The summed E-state index contributed by atoms with van der Waals surface area (Å²) in [5.41, 5.74) is -7.70. The number of hydrogen-bond acceptors (Lipinski definition) is 3. The topological polar surface area (TPSA) is 43.4 Å². The number of ether oxygens (including phenoxy) is 1. The molecule has 1 unspecified atom stereocenters. The minimum absolute atomic E-state index is 0.0290. The SMILES string of the molecule is O=S(=O)(c1ccc(F)cc1)C1(c2ccc(C(OCc3c(F)cccc3F)(C(F)(F)F)C(F)(F)F)cc2)C[CH]CC1. The van der Waals surface area contributed by atoms with Gasteiger partial charge in [0.1, 0.15) is 22.2 Å². The maximum atomic E-state index is 14.2. The van der Waals surface area contributed by atoms with Crippen molar-refractivity contribution >= 4 is 9.84 Å². The molecule has 40 heavy (non-hydrogen) atoms. The zero-order valence-corrected chi connectivity index (χ0v) is 21.1. The van der Waals surface area contributed by atoms with E-state index >= 15 is 0 Å². The van der Waals surface area contributed by atoms with Crippen molar-refractivity contribution in [3.05, 3.63) is 107 Å². The number of sulfone groups is 1. The molecule has 4 rings (SSSR count). The maximum Gasteiger partial charge on any atom is 0.430 e. The molecule has 215 valence electrons. The summed E-state index contributed by atoms with van der Waals surface area (Å²) in [5.74, 6) is -3.51. The van der Waals surface area contributed by atoms with Crippen LogP contribution in [0.15, 0.2) is 71.6 Å². The van der Waals surface area contributed by atoms with Gasteiger partial charge in [0, 0.05) is 11.1 Å². The first-order valence-electron chi connectivity index (χ1n) is 11.7. The van der Waals surface area contributed by atoms with E-state index < -0.39 is 67.7 Å². The van der Waals surface area contributed by atoms with Gasteiger partial charge >= 0.3 is 12.4 Å². The summed E-state index contributed by atoms with van der Waals surface area (Å²) in [5, 5.41) is 0. The average Bonchev–Trinajstić information content (AvgIpc) is 3.37. The smallest absolute Gasteiger partial charge is 0.349 e. The van der Waals surface area contributed by atoms with Gasteiger partial charge in [-0.25, -0.2) is 21.6 Å². The summed E-state index contributed by atoms with van der Waals surface area (Å²) >= 11 is 0. The van der Waals surface area contributed by atoms with E-state index in [9.17, 15) is 47.9 Å². The largest absolute Gasteiger partial charge is 0.430 e. The molecule has 3 aromatic carbocycles. The van der Waals surface area contributed by atoms with E-state index in [1.54, 1.807) is 6.42 Å². The second kappa shape index (κ2) is 10.4. The van der Waals surface area contributed by atoms with Crippen LogP contribution in [0.2, 0.25) is 0 Å². The Hall–Kier alpha value is -3.06. The van der Waals surface area contributed by atoms with E-state index in [0.29, 0.717) is 24.3 Å². The van der Waals surface area contributed by atoms with Gasteiger partial charge in [0.25, 0.3) is 5.60 Å². The zero-order valence-electron chi connectivity index (χ0n) is 20.3. The Labute approximate surface area is 223 Å². The molecular formula is C27H20F9O3S. The molecule has 13 heteroatoms. The van der Waals surface area contributed by atoms with Crippen molar-refractivity contribution in [3.8, 4) is 0 Å². The standard InChI is InChI=1S/C27H20F9O3S/c28-19-10-12-20(13-11-19)40(37,38)24(14-1-2-15-24)17-6-8-18(9-7-17)25(26(31,32)33,27(34,35)36)39-16-21-22(29)4-3-5-23(21)30/h1,3-13H,2,14-16H2. The minimum atomic E-state index is -6.15. The first-order valence-corrected chi connectivity index (χ1v) is 13.2. The van der Waals surface area contributed by atoms with E-state index in [0.717, 1.165) is 42.5 Å². The molecule has 1 aliphatic carbocycles. The summed E-state index contributed by atoms with van der Waals surface area (Å²) in [7, 11) is -4.29. The molecule has 3 nitrogen and oxygen atoms in total. The van der Waals surface area contributed by atoms with Crippen LogP contribution in [-0.4, -0.2) is 20.8 Å². The molecule has 1 atom stereocenters. The Kier molecular flexibility index (Phi) is 7.78. The number of hydrogen-bond donors (Lipinski definition) is 0. The summed E-state index contributed by atoms with van der Waals surface area (Å²) in [6.45, 7) is -1.71. The average molecular weight is 596 g/mol. The molecule has 3 aromatic rings. The fraction of sp³-hybridized carbons (Fsp3) is 0.296. The third-order valence-corrected chi connectivity index (χ3v) is 9.50.